The van der Waals surface area contributed by atoms with Gasteiger partial charge in [-0.3, -0.25) is 4.98 Å². The number of nitrogens with zero attached hydrogens (tertiary/aromatic N) is 1. The molecule has 1 heterocycles. The average Bonchev–Trinajstić information content (AvgIpc) is 2.31. The van der Waals surface area contributed by atoms with Gasteiger partial charge in [0, 0.05) is 16.7 Å². The van der Waals surface area contributed by atoms with Gasteiger partial charge in [-0.15, -0.1) is 0 Å². The number of pyridine rings is 1. The minimum atomic E-state index is -4.47. The minimum absolute atomic E-state index is 0.0969. The van der Waals surface area contributed by atoms with Gasteiger partial charge in [0.15, 0.2) is 0 Å². The van der Waals surface area contributed by atoms with Crippen molar-refractivity contribution in [3.8, 4) is 11.5 Å². The Bertz CT molecular complexity index is 540. The zero-order chi connectivity index (χ0) is 13.2. The second-order valence-corrected chi connectivity index (χ2v) is 4.35. The highest BCUT2D eigenvalue weighted by Gasteiger charge is 2.32. The Kier molecular flexibility index (Phi) is 3.56. The summed E-state index contributed by atoms with van der Waals surface area (Å²) in [5, 5.41) is 0. The van der Waals surface area contributed by atoms with E-state index in [2.05, 4.69) is 20.9 Å². The number of rotatable bonds is 2. The molecule has 0 saturated carbocycles. The molecule has 94 valence electrons. The van der Waals surface area contributed by atoms with Gasteiger partial charge >= 0.3 is 6.18 Å². The van der Waals surface area contributed by atoms with Crippen LogP contribution in [-0.2, 0) is 6.18 Å². The lowest BCUT2D eigenvalue weighted by Crippen LogP contribution is -2.07. The van der Waals surface area contributed by atoms with Crippen molar-refractivity contribution in [1.82, 2.24) is 4.98 Å². The quantitative estimate of drug-likeness (QED) is 0.804. The second kappa shape index (κ2) is 4.97. The molecule has 0 bridgehead atoms. The number of aromatic nitrogens is 1. The summed E-state index contributed by atoms with van der Waals surface area (Å²) >= 11 is 3.25. The van der Waals surface area contributed by atoms with Gasteiger partial charge in [0.25, 0.3) is 0 Å². The molecule has 0 fully saturated rings. The maximum Gasteiger partial charge on any atom is 0.433 e. The summed E-state index contributed by atoms with van der Waals surface area (Å²) < 4.78 is 43.5. The van der Waals surface area contributed by atoms with Crippen molar-refractivity contribution in [2.45, 2.75) is 6.18 Å². The first-order valence-electron chi connectivity index (χ1n) is 4.92. The summed E-state index contributed by atoms with van der Waals surface area (Å²) in [4.78, 5) is 3.25. The zero-order valence-corrected chi connectivity index (χ0v) is 10.5. The van der Waals surface area contributed by atoms with Gasteiger partial charge in [0.1, 0.15) is 17.2 Å². The fourth-order valence-corrected chi connectivity index (χ4v) is 1.53. The van der Waals surface area contributed by atoms with Crippen LogP contribution in [0.4, 0.5) is 13.2 Å². The Labute approximate surface area is 110 Å². The lowest BCUT2D eigenvalue weighted by atomic mass is 10.3. The smallest absolute Gasteiger partial charge is 0.433 e. The van der Waals surface area contributed by atoms with E-state index in [4.69, 9.17) is 4.74 Å². The first kappa shape index (κ1) is 12.9. The molecular weight excluding hydrogens is 311 g/mol. The van der Waals surface area contributed by atoms with E-state index >= 15 is 0 Å². The SMILES string of the molecule is FC(F)(F)c1cc(Oc2ccc(Br)cc2)ccn1. The van der Waals surface area contributed by atoms with Crippen molar-refractivity contribution in [2.75, 3.05) is 0 Å². The van der Waals surface area contributed by atoms with E-state index in [-0.39, 0.29) is 5.75 Å². The number of alkyl halides is 3. The molecule has 0 amide bonds. The van der Waals surface area contributed by atoms with Gasteiger partial charge < -0.3 is 4.74 Å². The standard InChI is InChI=1S/C12H7BrF3NO/c13-8-1-3-9(4-2-8)18-10-5-6-17-11(7-10)12(14,15)16/h1-7H. The summed E-state index contributed by atoms with van der Waals surface area (Å²) in [6.45, 7) is 0. The fourth-order valence-electron chi connectivity index (χ4n) is 1.27. The first-order valence-corrected chi connectivity index (χ1v) is 5.71. The lowest BCUT2D eigenvalue weighted by Gasteiger charge is -2.09. The van der Waals surface area contributed by atoms with Gasteiger partial charge in [-0.1, -0.05) is 15.9 Å². The van der Waals surface area contributed by atoms with Crippen LogP contribution in [0.25, 0.3) is 0 Å². The molecule has 0 N–H and O–H groups in total. The molecule has 6 heteroatoms. The van der Waals surface area contributed by atoms with Crippen LogP contribution in [-0.4, -0.2) is 4.98 Å². The molecule has 0 saturated heterocycles. The Morgan fingerprint density at radius 1 is 1.00 bits per heavy atom. The number of hydrogen-bond donors (Lipinski definition) is 0. The molecule has 0 aliphatic rings. The zero-order valence-electron chi connectivity index (χ0n) is 8.91. The summed E-state index contributed by atoms with van der Waals surface area (Å²) in [5.74, 6) is 0.553. The maximum absolute atomic E-state index is 12.4. The Balaban J connectivity index is 2.22. The van der Waals surface area contributed by atoms with E-state index < -0.39 is 11.9 Å². The van der Waals surface area contributed by atoms with Crippen LogP contribution in [0.3, 0.4) is 0 Å². The van der Waals surface area contributed by atoms with E-state index in [0.717, 1.165) is 16.7 Å². The average molecular weight is 318 g/mol. The Hall–Kier alpha value is -1.56. The van der Waals surface area contributed by atoms with E-state index in [9.17, 15) is 13.2 Å². The van der Waals surface area contributed by atoms with Crippen molar-refractivity contribution in [3.63, 3.8) is 0 Å². The number of ether oxygens (including phenoxy) is 1. The molecule has 2 nitrogen and oxygen atoms in total. The number of benzene rings is 1. The topological polar surface area (TPSA) is 22.1 Å². The largest absolute Gasteiger partial charge is 0.457 e. The highest BCUT2D eigenvalue weighted by Crippen LogP contribution is 2.31. The molecule has 0 aliphatic heterocycles. The summed E-state index contributed by atoms with van der Waals surface area (Å²) in [6.07, 6.45) is -3.41. The van der Waals surface area contributed by atoms with Gasteiger partial charge in [-0.05, 0) is 30.3 Å². The lowest BCUT2D eigenvalue weighted by molar-refractivity contribution is -0.141. The normalized spacial score (nSPS) is 11.3. The Morgan fingerprint density at radius 3 is 2.28 bits per heavy atom. The molecule has 2 rings (SSSR count). The first-order chi connectivity index (χ1) is 8.45. The molecule has 18 heavy (non-hydrogen) atoms. The number of hydrogen-bond acceptors (Lipinski definition) is 2. The molecular formula is C12H7BrF3NO. The van der Waals surface area contributed by atoms with Crippen LogP contribution in [0, 0.1) is 0 Å². The van der Waals surface area contributed by atoms with Gasteiger partial charge in [-0.25, -0.2) is 0 Å². The van der Waals surface area contributed by atoms with Crippen molar-refractivity contribution >= 4 is 15.9 Å². The highest BCUT2D eigenvalue weighted by molar-refractivity contribution is 9.10. The fraction of sp³-hybridized carbons (Fsp3) is 0.0833. The Morgan fingerprint density at radius 2 is 1.67 bits per heavy atom. The van der Waals surface area contributed by atoms with Crippen LogP contribution in [0.5, 0.6) is 11.5 Å². The molecule has 0 radical (unpaired) electrons. The summed E-state index contributed by atoms with van der Waals surface area (Å²) in [7, 11) is 0. The third-order valence-corrected chi connectivity index (χ3v) is 2.60. The second-order valence-electron chi connectivity index (χ2n) is 3.43. The molecule has 0 spiro atoms. The molecule has 0 atom stereocenters. The van der Waals surface area contributed by atoms with Gasteiger partial charge in [0.05, 0.1) is 0 Å². The van der Waals surface area contributed by atoms with Crippen molar-refractivity contribution < 1.29 is 17.9 Å². The van der Waals surface area contributed by atoms with Gasteiger partial charge in [-0.2, -0.15) is 13.2 Å². The van der Waals surface area contributed by atoms with E-state index in [1.807, 2.05) is 0 Å². The van der Waals surface area contributed by atoms with E-state index in [0.29, 0.717) is 5.75 Å². The number of halogens is 4. The molecule has 0 unspecified atom stereocenters. The van der Waals surface area contributed by atoms with Crippen LogP contribution in [0.1, 0.15) is 5.69 Å². The summed E-state index contributed by atoms with van der Waals surface area (Å²) in [5.41, 5.74) is -0.975. The van der Waals surface area contributed by atoms with Crippen LogP contribution >= 0.6 is 15.9 Å². The van der Waals surface area contributed by atoms with Crippen LogP contribution in [0.15, 0.2) is 47.1 Å². The molecule has 1 aromatic carbocycles. The van der Waals surface area contributed by atoms with E-state index in [1.54, 1.807) is 24.3 Å². The predicted octanol–water partition coefficient (Wildman–Crippen LogP) is 4.66. The molecule has 2 aromatic rings. The minimum Gasteiger partial charge on any atom is -0.457 e. The molecule has 0 aliphatic carbocycles. The van der Waals surface area contributed by atoms with Crippen molar-refractivity contribution in [1.29, 1.82) is 0 Å². The van der Waals surface area contributed by atoms with Crippen molar-refractivity contribution in [2.24, 2.45) is 0 Å². The van der Waals surface area contributed by atoms with Crippen molar-refractivity contribution in [3.05, 3.63) is 52.8 Å². The van der Waals surface area contributed by atoms with Crippen LogP contribution in [0.2, 0.25) is 0 Å². The van der Waals surface area contributed by atoms with E-state index in [1.165, 1.54) is 6.07 Å². The predicted molar refractivity (Wildman–Crippen MR) is 63.5 cm³/mol. The third kappa shape index (κ3) is 3.22. The van der Waals surface area contributed by atoms with Crippen LogP contribution < -0.4 is 4.74 Å². The maximum atomic E-state index is 12.4. The van der Waals surface area contributed by atoms with Gasteiger partial charge in [0.2, 0.25) is 0 Å². The third-order valence-electron chi connectivity index (χ3n) is 2.07. The highest BCUT2D eigenvalue weighted by atomic mass is 79.9. The summed E-state index contributed by atoms with van der Waals surface area (Å²) in [6, 6.07) is 9.01. The monoisotopic (exact) mass is 317 g/mol. The molecule has 1 aromatic heterocycles.